The van der Waals surface area contributed by atoms with E-state index < -0.39 is 0 Å². The molecule has 3 heteroatoms. The van der Waals surface area contributed by atoms with E-state index in [1.165, 1.54) is 51.4 Å². The molecule has 1 aliphatic heterocycles. The van der Waals surface area contributed by atoms with Crippen LogP contribution < -0.4 is 5.73 Å². The first-order valence-corrected chi connectivity index (χ1v) is 13.3. The summed E-state index contributed by atoms with van der Waals surface area (Å²) in [4.78, 5) is 0. The summed E-state index contributed by atoms with van der Waals surface area (Å²) in [6.45, 7) is 10.3. The van der Waals surface area contributed by atoms with Gasteiger partial charge in [-0.05, 0) is 116 Å². The minimum Gasteiger partial charge on any atom is -0.396 e. The molecule has 172 valence electrons. The maximum atomic E-state index is 9.41. The molecule has 0 aromatic carbocycles. The van der Waals surface area contributed by atoms with E-state index in [0.29, 0.717) is 47.5 Å². The van der Waals surface area contributed by atoms with Gasteiger partial charge in [-0.25, -0.2) is 0 Å². The molecule has 5 aliphatic rings. The summed E-state index contributed by atoms with van der Waals surface area (Å²) in [6.07, 6.45) is 14.1. The lowest BCUT2D eigenvalue weighted by atomic mass is 9.44. The predicted molar refractivity (Wildman–Crippen MR) is 122 cm³/mol. The average molecular weight is 418 g/mol. The number of aliphatic hydroxyl groups is 1. The zero-order valence-corrected chi connectivity index (χ0v) is 20.0. The van der Waals surface area contributed by atoms with Crippen LogP contribution >= 0.6 is 0 Å². The summed E-state index contributed by atoms with van der Waals surface area (Å²) in [5.74, 6) is 5.43. The quantitative estimate of drug-likeness (QED) is 0.644. The van der Waals surface area contributed by atoms with E-state index in [1.807, 2.05) is 0 Å². The molecule has 0 radical (unpaired) electrons. The third-order valence-electron chi connectivity index (χ3n) is 11.6. The fourth-order valence-corrected chi connectivity index (χ4v) is 9.85. The predicted octanol–water partition coefficient (Wildman–Crippen LogP) is 5.39. The van der Waals surface area contributed by atoms with E-state index >= 15 is 0 Å². The number of aliphatic hydroxyl groups excluding tert-OH is 1. The highest BCUT2D eigenvalue weighted by Crippen LogP contribution is 2.70. The van der Waals surface area contributed by atoms with Crippen molar-refractivity contribution in [2.45, 2.75) is 110 Å². The maximum Gasteiger partial charge on any atom is 0.0618 e. The molecular formula is C27H47NO2. The van der Waals surface area contributed by atoms with E-state index in [0.717, 1.165) is 42.4 Å². The molecule has 5 fully saturated rings. The Bertz CT molecular complexity index is 638. The van der Waals surface area contributed by atoms with Gasteiger partial charge < -0.3 is 15.6 Å². The van der Waals surface area contributed by atoms with Crippen LogP contribution in [0.3, 0.4) is 0 Å². The fourth-order valence-electron chi connectivity index (χ4n) is 9.85. The molecule has 5 rings (SSSR count). The number of hydrogen-bond acceptors (Lipinski definition) is 3. The molecule has 0 bridgehead atoms. The molecule has 0 spiro atoms. The first-order chi connectivity index (χ1) is 14.3. The van der Waals surface area contributed by atoms with Gasteiger partial charge in [0.25, 0.3) is 0 Å². The molecule has 0 aromatic heterocycles. The van der Waals surface area contributed by atoms with Gasteiger partial charge >= 0.3 is 0 Å². The summed E-state index contributed by atoms with van der Waals surface area (Å²) in [5.41, 5.74) is 7.42. The lowest BCUT2D eigenvalue weighted by Crippen LogP contribution is -2.55. The summed E-state index contributed by atoms with van der Waals surface area (Å²) in [6, 6.07) is 0.457. The van der Waals surface area contributed by atoms with Gasteiger partial charge in [0.05, 0.1) is 12.2 Å². The van der Waals surface area contributed by atoms with Crippen LogP contribution in [0.25, 0.3) is 0 Å². The van der Waals surface area contributed by atoms with Crippen molar-refractivity contribution < 1.29 is 9.84 Å². The van der Waals surface area contributed by atoms with Gasteiger partial charge in [-0.3, -0.25) is 0 Å². The van der Waals surface area contributed by atoms with Crippen LogP contribution in [0.1, 0.15) is 91.9 Å². The highest BCUT2D eigenvalue weighted by atomic mass is 16.5. The van der Waals surface area contributed by atoms with Crippen molar-refractivity contribution in [2.75, 3.05) is 6.61 Å². The van der Waals surface area contributed by atoms with Crippen LogP contribution in [0.5, 0.6) is 0 Å². The van der Waals surface area contributed by atoms with Crippen molar-refractivity contribution in [3.8, 4) is 0 Å². The summed E-state index contributed by atoms with van der Waals surface area (Å²) in [5, 5.41) is 9.41. The monoisotopic (exact) mass is 417 g/mol. The zero-order chi connectivity index (χ0) is 21.3. The fraction of sp³-hybridized carbons (Fsp3) is 1.00. The molecular weight excluding hydrogens is 370 g/mol. The summed E-state index contributed by atoms with van der Waals surface area (Å²) < 4.78 is 6.78. The van der Waals surface area contributed by atoms with E-state index in [4.69, 9.17) is 10.5 Å². The van der Waals surface area contributed by atoms with Crippen molar-refractivity contribution in [3.05, 3.63) is 0 Å². The Morgan fingerprint density at radius 3 is 2.57 bits per heavy atom. The Morgan fingerprint density at radius 1 is 1.03 bits per heavy atom. The highest BCUT2D eigenvalue weighted by molar-refractivity contribution is 5.14. The van der Waals surface area contributed by atoms with Crippen LogP contribution in [0.4, 0.5) is 0 Å². The topological polar surface area (TPSA) is 55.5 Å². The standard InChI is InChI=1S/C27H47NO2/c1-16(15-29)5-8-23-17(2)25-24(30-23)14-22-20-7-6-18-13-19(28)9-11-26(18,3)21(20)10-12-27(22,25)4/h16-25,29H,5-15,28H2,1-4H3/t16-,17+,18+,19-,20+,21-,22-,23?,24?,25?,26-,27-/m0/s1. The molecule has 12 atom stereocenters. The molecule has 1 heterocycles. The Morgan fingerprint density at radius 2 is 1.80 bits per heavy atom. The van der Waals surface area contributed by atoms with Crippen molar-refractivity contribution in [1.29, 1.82) is 0 Å². The molecule has 30 heavy (non-hydrogen) atoms. The van der Waals surface area contributed by atoms with Gasteiger partial charge in [0.15, 0.2) is 0 Å². The number of nitrogens with two attached hydrogens (primary N) is 1. The van der Waals surface area contributed by atoms with E-state index in [1.54, 1.807) is 0 Å². The molecule has 0 amide bonds. The molecule has 3 nitrogen and oxygen atoms in total. The SMILES string of the molecule is C[C@H](CO)CCC1OC2C[C@H]3[C@@H]4CC[C@@H]5C[C@@H](N)CC[C@]5(C)[C@H]4CC[C@]3(C)C2[C@@H]1C. The first-order valence-electron chi connectivity index (χ1n) is 13.3. The first kappa shape index (κ1) is 21.7. The van der Waals surface area contributed by atoms with Gasteiger partial charge in [0.1, 0.15) is 0 Å². The summed E-state index contributed by atoms with van der Waals surface area (Å²) >= 11 is 0. The largest absolute Gasteiger partial charge is 0.396 e. The van der Waals surface area contributed by atoms with E-state index in [-0.39, 0.29) is 0 Å². The molecule has 4 aliphatic carbocycles. The summed E-state index contributed by atoms with van der Waals surface area (Å²) in [7, 11) is 0. The number of fused-ring (bicyclic) bond motifs is 7. The molecule has 1 saturated heterocycles. The second-order valence-corrected chi connectivity index (χ2v) is 12.9. The van der Waals surface area contributed by atoms with Crippen LogP contribution in [0.15, 0.2) is 0 Å². The van der Waals surface area contributed by atoms with Crippen LogP contribution in [-0.4, -0.2) is 30.0 Å². The molecule has 3 N–H and O–H groups in total. The van der Waals surface area contributed by atoms with Crippen molar-refractivity contribution in [1.82, 2.24) is 0 Å². The van der Waals surface area contributed by atoms with Crippen LogP contribution in [0, 0.1) is 52.3 Å². The van der Waals surface area contributed by atoms with E-state index in [9.17, 15) is 5.11 Å². The lowest BCUT2D eigenvalue weighted by molar-refractivity contribution is -0.117. The number of rotatable bonds is 4. The minimum absolute atomic E-state index is 0.307. The zero-order valence-electron chi connectivity index (χ0n) is 20.0. The van der Waals surface area contributed by atoms with Gasteiger partial charge in [0.2, 0.25) is 0 Å². The average Bonchev–Trinajstić information content (AvgIpc) is 3.20. The van der Waals surface area contributed by atoms with Crippen molar-refractivity contribution in [2.24, 2.45) is 58.0 Å². The Labute approximate surface area is 184 Å². The van der Waals surface area contributed by atoms with Crippen molar-refractivity contribution in [3.63, 3.8) is 0 Å². The lowest BCUT2D eigenvalue weighted by Gasteiger charge is -2.61. The van der Waals surface area contributed by atoms with Gasteiger partial charge in [-0.15, -0.1) is 0 Å². The Balaban J connectivity index is 1.32. The molecule has 0 aromatic rings. The number of hydrogen-bond donors (Lipinski definition) is 2. The normalized spacial score (nSPS) is 56.0. The second kappa shape index (κ2) is 7.73. The van der Waals surface area contributed by atoms with Crippen LogP contribution in [-0.2, 0) is 4.74 Å². The van der Waals surface area contributed by atoms with Crippen LogP contribution in [0.2, 0.25) is 0 Å². The third kappa shape index (κ3) is 3.16. The second-order valence-electron chi connectivity index (χ2n) is 12.9. The highest BCUT2D eigenvalue weighted by Gasteiger charge is 2.65. The number of ether oxygens (including phenoxy) is 1. The minimum atomic E-state index is 0.307. The third-order valence-corrected chi connectivity index (χ3v) is 11.6. The van der Waals surface area contributed by atoms with E-state index in [2.05, 4.69) is 27.7 Å². The smallest absolute Gasteiger partial charge is 0.0618 e. The van der Waals surface area contributed by atoms with Gasteiger partial charge in [-0.1, -0.05) is 27.7 Å². The maximum absolute atomic E-state index is 9.41. The molecule has 4 saturated carbocycles. The van der Waals surface area contributed by atoms with Gasteiger partial charge in [-0.2, -0.15) is 0 Å². The Kier molecular flexibility index (Phi) is 5.60. The van der Waals surface area contributed by atoms with Crippen molar-refractivity contribution >= 4 is 0 Å². The molecule has 3 unspecified atom stereocenters. The van der Waals surface area contributed by atoms with Gasteiger partial charge in [0, 0.05) is 12.6 Å². The Hall–Kier alpha value is -0.120.